The molecule has 18 heavy (non-hydrogen) atoms. The summed E-state index contributed by atoms with van der Waals surface area (Å²) in [7, 11) is 0. The molecular weight excluding hydrogens is 226 g/mol. The Morgan fingerprint density at radius 2 is 2.00 bits per heavy atom. The third-order valence-electron chi connectivity index (χ3n) is 2.95. The van der Waals surface area contributed by atoms with Crippen molar-refractivity contribution in [1.82, 2.24) is 24.7 Å². The molecule has 0 aliphatic carbocycles. The minimum Gasteiger partial charge on any atom is -0.321 e. The topological polar surface area (TPSA) is 59.4 Å². The number of rotatable bonds is 1. The Hall–Kier alpha value is -2.69. The van der Waals surface area contributed by atoms with Crippen LogP contribution in [0.25, 0.3) is 27.9 Å². The minimum atomic E-state index is 0.708. The minimum absolute atomic E-state index is 0.708. The van der Waals surface area contributed by atoms with Crippen molar-refractivity contribution in [3.63, 3.8) is 0 Å². The highest BCUT2D eigenvalue weighted by molar-refractivity contribution is 5.81. The quantitative estimate of drug-likeness (QED) is 0.550. The molecule has 4 rings (SSSR count). The van der Waals surface area contributed by atoms with Crippen molar-refractivity contribution in [2.75, 3.05) is 0 Å². The Morgan fingerprint density at radius 3 is 2.94 bits per heavy atom. The molecule has 0 aliphatic rings. The average molecular weight is 235 g/mol. The number of H-pyrrole nitrogens is 1. The van der Waals surface area contributed by atoms with Crippen LogP contribution in [0.15, 0.2) is 48.9 Å². The molecule has 1 N–H and O–H groups in total. The van der Waals surface area contributed by atoms with Crippen molar-refractivity contribution in [3.8, 4) is 5.95 Å². The lowest BCUT2D eigenvalue weighted by Gasteiger charge is -1.97. The molecule has 0 amide bonds. The number of aromatic nitrogens is 5. The molecule has 0 saturated heterocycles. The predicted molar refractivity (Wildman–Crippen MR) is 68.5 cm³/mol. The Morgan fingerprint density at radius 1 is 1.06 bits per heavy atom. The number of imidazole rings is 1. The number of fused-ring (bicyclic) bond motifs is 2. The van der Waals surface area contributed by atoms with Gasteiger partial charge in [-0.3, -0.25) is 4.98 Å². The van der Waals surface area contributed by atoms with Crippen molar-refractivity contribution < 1.29 is 0 Å². The van der Waals surface area contributed by atoms with Gasteiger partial charge in [-0.1, -0.05) is 18.2 Å². The van der Waals surface area contributed by atoms with Crippen molar-refractivity contribution in [2.45, 2.75) is 0 Å². The Kier molecular flexibility index (Phi) is 1.77. The van der Waals surface area contributed by atoms with E-state index >= 15 is 0 Å². The second-order valence-electron chi connectivity index (χ2n) is 4.07. The third kappa shape index (κ3) is 1.24. The van der Waals surface area contributed by atoms with E-state index in [1.54, 1.807) is 17.1 Å². The molecular formula is C13H9N5. The number of aromatic amines is 1. The summed E-state index contributed by atoms with van der Waals surface area (Å²) in [5.74, 6) is 0.708. The first-order valence-electron chi connectivity index (χ1n) is 5.65. The summed E-state index contributed by atoms with van der Waals surface area (Å²) < 4.78 is 1.80. The van der Waals surface area contributed by atoms with Gasteiger partial charge in [0.2, 0.25) is 5.95 Å². The number of pyridine rings is 1. The van der Waals surface area contributed by atoms with E-state index in [2.05, 4.69) is 20.1 Å². The van der Waals surface area contributed by atoms with Gasteiger partial charge in [-0.15, -0.1) is 0 Å². The van der Waals surface area contributed by atoms with Gasteiger partial charge in [0.1, 0.15) is 0 Å². The van der Waals surface area contributed by atoms with Gasteiger partial charge in [0, 0.05) is 11.6 Å². The number of nitrogens with zero attached hydrogens (tertiary/aromatic N) is 4. The Bertz CT molecular complexity index is 809. The Labute approximate surface area is 102 Å². The van der Waals surface area contributed by atoms with Gasteiger partial charge in [0.25, 0.3) is 0 Å². The summed E-state index contributed by atoms with van der Waals surface area (Å²) >= 11 is 0. The van der Waals surface area contributed by atoms with E-state index in [-0.39, 0.29) is 0 Å². The standard InChI is InChI=1S/C13H9N5/c1-2-4-12-9(3-1)7-15-18(12)13-16-10-5-6-14-8-11(10)17-13/h1-8H,(H,16,17). The van der Waals surface area contributed by atoms with Crippen LogP contribution in [0.4, 0.5) is 0 Å². The van der Waals surface area contributed by atoms with Gasteiger partial charge >= 0.3 is 0 Å². The molecule has 4 aromatic rings. The monoisotopic (exact) mass is 235 g/mol. The molecule has 0 aliphatic heterocycles. The first kappa shape index (κ1) is 9.35. The van der Waals surface area contributed by atoms with E-state index in [0.717, 1.165) is 21.9 Å². The zero-order chi connectivity index (χ0) is 11.9. The van der Waals surface area contributed by atoms with Crippen LogP contribution in [0.1, 0.15) is 0 Å². The first-order valence-corrected chi connectivity index (χ1v) is 5.65. The van der Waals surface area contributed by atoms with E-state index in [9.17, 15) is 0 Å². The lowest BCUT2D eigenvalue weighted by molar-refractivity contribution is 0.856. The molecule has 86 valence electrons. The van der Waals surface area contributed by atoms with E-state index in [1.807, 2.05) is 36.5 Å². The molecule has 0 bridgehead atoms. The molecule has 0 spiro atoms. The van der Waals surface area contributed by atoms with Crippen LogP contribution >= 0.6 is 0 Å². The predicted octanol–water partition coefficient (Wildman–Crippen LogP) is 2.30. The summed E-state index contributed by atoms with van der Waals surface area (Å²) in [5.41, 5.74) is 2.83. The van der Waals surface area contributed by atoms with Gasteiger partial charge in [0.05, 0.1) is 28.9 Å². The summed E-state index contributed by atoms with van der Waals surface area (Å²) in [6.07, 6.45) is 5.33. The second kappa shape index (κ2) is 3.40. The van der Waals surface area contributed by atoms with Crippen LogP contribution in [0.3, 0.4) is 0 Å². The van der Waals surface area contributed by atoms with E-state index in [1.165, 1.54) is 0 Å². The maximum absolute atomic E-state index is 4.51. The maximum atomic E-state index is 4.51. The molecule has 0 fully saturated rings. The largest absolute Gasteiger partial charge is 0.321 e. The van der Waals surface area contributed by atoms with E-state index < -0.39 is 0 Å². The molecule has 0 unspecified atom stereocenters. The summed E-state index contributed by atoms with van der Waals surface area (Å²) in [6, 6.07) is 9.92. The zero-order valence-corrected chi connectivity index (χ0v) is 9.41. The number of hydrogen-bond acceptors (Lipinski definition) is 3. The molecule has 5 heteroatoms. The maximum Gasteiger partial charge on any atom is 0.229 e. The van der Waals surface area contributed by atoms with Gasteiger partial charge in [-0.25, -0.2) is 4.98 Å². The number of nitrogens with one attached hydrogen (secondary N) is 1. The Balaban J connectivity index is 2.01. The molecule has 3 heterocycles. The fourth-order valence-electron chi connectivity index (χ4n) is 2.08. The lowest BCUT2D eigenvalue weighted by atomic mass is 10.3. The van der Waals surface area contributed by atoms with Crippen LogP contribution in [-0.2, 0) is 0 Å². The van der Waals surface area contributed by atoms with E-state index in [0.29, 0.717) is 5.95 Å². The van der Waals surface area contributed by atoms with Crippen molar-refractivity contribution in [3.05, 3.63) is 48.9 Å². The number of para-hydroxylation sites is 1. The molecule has 1 aromatic carbocycles. The van der Waals surface area contributed by atoms with Crippen molar-refractivity contribution in [1.29, 1.82) is 0 Å². The van der Waals surface area contributed by atoms with Crippen LogP contribution in [0, 0.1) is 0 Å². The summed E-state index contributed by atoms with van der Waals surface area (Å²) in [6.45, 7) is 0. The SMILES string of the molecule is c1ccc2c(c1)cnn2-c1nc2ccncc2[nH]1. The van der Waals surface area contributed by atoms with Crippen LogP contribution in [0.2, 0.25) is 0 Å². The molecule has 0 radical (unpaired) electrons. The third-order valence-corrected chi connectivity index (χ3v) is 2.95. The van der Waals surface area contributed by atoms with Gasteiger partial charge in [-0.2, -0.15) is 9.78 Å². The average Bonchev–Trinajstić information content (AvgIpc) is 3.02. The van der Waals surface area contributed by atoms with Crippen LogP contribution < -0.4 is 0 Å². The summed E-state index contributed by atoms with van der Waals surface area (Å²) in [4.78, 5) is 11.8. The zero-order valence-electron chi connectivity index (χ0n) is 9.41. The number of hydrogen-bond donors (Lipinski definition) is 1. The molecule has 0 saturated carbocycles. The van der Waals surface area contributed by atoms with Crippen LogP contribution in [-0.4, -0.2) is 24.7 Å². The number of benzene rings is 1. The molecule has 5 nitrogen and oxygen atoms in total. The highest BCUT2D eigenvalue weighted by atomic mass is 15.3. The lowest BCUT2D eigenvalue weighted by Crippen LogP contribution is -1.97. The van der Waals surface area contributed by atoms with Gasteiger partial charge in [0.15, 0.2) is 0 Å². The highest BCUT2D eigenvalue weighted by Crippen LogP contribution is 2.18. The smallest absolute Gasteiger partial charge is 0.229 e. The normalized spacial score (nSPS) is 11.3. The van der Waals surface area contributed by atoms with E-state index in [4.69, 9.17) is 0 Å². The fraction of sp³-hybridized carbons (Fsp3) is 0. The summed E-state index contributed by atoms with van der Waals surface area (Å²) in [5, 5.41) is 5.46. The van der Waals surface area contributed by atoms with Gasteiger partial charge in [-0.05, 0) is 12.1 Å². The highest BCUT2D eigenvalue weighted by Gasteiger charge is 2.08. The fourth-order valence-corrected chi connectivity index (χ4v) is 2.08. The van der Waals surface area contributed by atoms with Crippen molar-refractivity contribution in [2.24, 2.45) is 0 Å². The molecule has 0 atom stereocenters. The second-order valence-corrected chi connectivity index (χ2v) is 4.07. The van der Waals surface area contributed by atoms with Crippen LogP contribution in [0.5, 0.6) is 0 Å². The van der Waals surface area contributed by atoms with Crippen molar-refractivity contribution >= 4 is 21.9 Å². The van der Waals surface area contributed by atoms with Gasteiger partial charge < -0.3 is 4.98 Å². The molecule has 3 aromatic heterocycles. The first-order chi connectivity index (χ1) is 8.92.